The summed E-state index contributed by atoms with van der Waals surface area (Å²) in [7, 11) is 0. The van der Waals surface area contributed by atoms with Crippen LogP contribution >= 0.6 is 0 Å². The Kier molecular flexibility index (Phi) is 4.91. The Morgan fingerprint density at radius 1 is 1.29 bits per heavy atom. The lowest BCUT2D eigenvalue weighted by Gasteiger charge is -2.20. The molecular weight excluding hydrogens is 274 g/mol. The summed E-state index contributed by atoms with van der Waals surface area (Å²) in [6, 6.07) is 4.04. The lowest BCUT2D eigenvalue weighted by atomic mass is 9.93. The zero-order chi connectivity index (χ0) is 16.2. The molecule has 1 aromatic carbocycles. The minimum atomic E-state index is -1.06. The van der Waals surface area contributed by atoms with Crippen LogP contribution in [-0.2, 0) is 4.79 Å². The van der Waals surface area contributed by atoms with Gasteiger partial charge in [-0.1, -0.05) is 6.07 Å². The van der Waals surface area contributed by atoms with E-state index in [4.69, 9.17) is 10.8 Å². The number of rotatable bonds is 5. The van der Waals surface area contributed by atoms with Crippen LogP contribution < -0.4 is 16.4 Å². The zero-order valence-electron chi connectivity index (χ0n) is 12.2. The second-order valence-electron chi connectivity index (χ2n) is 5.39. The van der Waals surface area contributed by atoms with Crippen molar-refractivity contribution in [3.05, 3.63) is 29.3 Å². The molecule has 0 saturated heterocycles. The highest BCUT2D eigenvalue weighted by Gasteiger charge is 2.25. The molecule has 0 unspecified atom stereocenters. The Bertz CT molecular complexity index is 582. The minimum absolute atomic E-state index is 0.0752. The van der Waals surface area contributed by atoms with Gasteiger partial charge in [0.05, 0.1) is 11.0 Å². The van der Waals surface area contributed by atoms with E-state index in [1.165, 1.54) is 6.07 Å². The van der Waals surface area contributed by atoms with Gasteiger partial charge in [-0.3, -0.25) is 4.79 Å². The average molecular weight is 293 g/mol. The number of hydrogen-bond acceptors (Lipinski definition) is 3. The maximum atomic E-state index is 11.7. The normalized spacial score (nSPS) is 10.8. The molecule has 114 valence electrons. The Morgan fingerprint density at radius 2 is 1.90 bits per heavy atom. The number of urea groups is 1. The molecule has 7 heteroatoms. The number of carboxylic acids is 1. The third-order valence-electron chi connectivity index (χ3n) is 3.08. The summed E-state index contributed by atoms with van der Waals surface area (Å²) in [5, 5.41) is 14.0. The number of aromatic carboxylic acids is 1. The standard InChI is InChI=1S/C14H19N3O4/c1-8-4-5-9(6-10(8)11(18)19)17-13(21)16-7-14(2,3)12(15)20/h4-6H,7H2,1-3H3,(H2,15,20)(H,18,19)(H2,16,17,21). The Balaban J connectivity index is 2.70. The highest BCUT2D eigenvalue weighted by atomic mass is 16.4. The molecule has 3 amide bonds. The van der Waals surface area contributed by atoms with Crippen molar-refractivity contribution in [2.75, 3.05) is 11.9 Å². The van der Waals surface area contributed by atoms with E-state index in [9.17, 15) is 14.4 Å². The number of amides is 3. The number of aryl methyl sites for hydroxylation is 1. The fraction of sp³-hybridized carbons (Fsp3) is 0.357. The topological polar surface area (TPSA) is 122 Å². The van der Waals surface area contributed by atoms with E-state index < -0.39 is 23.3 Å². The third kappa shape index (κ3) is 4.48. The van der Waals surface area contributed by atoms with E-state index in [-0.39, 0.29) is 12.1 Å². The summed E-state index contributed by atoms with van der Waals surface area (Å²) in [4.78, 5) is 33.9. The van der Waals surface area contributed by atoms with E-state index in [0.717, 1.165) is 0 Å². The van der Waals surface area contributed by atoms with Gasteiger partial charge >= 0.3 is 12.0 Å². The summed E-state index contributed by atoms with van der Waals surface area (Å²) in [5.74, 6) is -1.59. The van der Waals surface area contributed by atoms with Gasteiger partial charge in [0.25, 0.3) is 0 Å². The van der Waals surface area contributed by atoms with E-state index in [1.807, 2.05) is 0 Å². The largest absolute Gasteiger partial charge is 0.478 e. The fourth-order valence-corrected chi connectivity index (χ4v) is 1.49. The molecule has 0 aliphatic carbocycles. The van der Waals surface area contributed by atoms with Gasteiger partial charge < -0.3 is 21.5 Å². The van der Waals surface area contributed by atoms with Crippen LogP contribution in [0.1, 0.15) is 29.8 Å². The van der Waals surface area contributed by atoms with Crippen molar-refractivity contribution in [1.82, 2.24) is 5.32 Å². The molecule has 0 atom stereocenters. The van der Waals surface area contributed by atoms with Gasteiger partial charge in [0.2, 0.25) is 5.91 Å². The fourth-order valence-electron chi connectivity index (χ4n) is 1.49. The van der Waals surface area contributed by atoms with Gasteiger partial charge in [0, 0.05) is 12.2 Å². The number of carbonyl (C=O) groups excluding carboxylic acids is 2. The molecule has 5 N–H and O–H groups in total. The van der Waals surface area contributed by atoms with E-state index >= 15 is 0 Å². The molecule has 0 radical (unpaired) electrons. The zero-order valence-corrected chi connectivity index (χ0v) is 12.2. The maximum Gasteiger partial charge on any atom is 0.336 e. The van der Waals surface area contributed by atoms with Gasteiger partial charge in [-0.05, 0) is 38.5 Å². The predicted octanol–water partition coefficient (Wildman–Crippen LogP) is 1.33. The van der Waals surface area contributed by atoms with Crippen molar-refractivity contribution in [3.63, 3.8) is 0 Å². The summed E-state index contributed by atoms with van der Waals surface area (Å²) < 4.78 is 0. The van der Waals surface area contributed by atoms with Crippen LogP contribution in [0.5, 0.6) is 0 Å². The van der Waals surface area contributed by atoms with Crippen molar-refractivity contribution in [1.29, 1.82) is 0 Å². The summed E-state index contributed by atoms with van der Waals surface area (Å²) in [6.07, 6.45) is 0. The van der Waals surface area contributed by atoms with Crippen LogP contribution in [-0.4, -0.2) is 29.6 Å². The first kappa shape index (κ1) is 16.5. The monoisotopic (exact) mass is 293 g/mol. The SMILES string of the molecule is Cc1ccc(NC(=O)NCC(C)(C)C(N)=O)cc1C(=O)O. The first-order valence-corrected chi connectivity index (χ1v) is 6.32. The molecule has 1 rings (SSSR count). The van der Waals surface area contributed by atoms with Crippen molar-refractivity contribution < 1.29 is 19.5 Å². The predicted molar refractivity (Wildman–Crippen MR) is 78.1 cm³/mol. The van der Waals surface area contributed by atoms with Crippen molar-refractivity contribution in [2.24, 2.45) is 11.1 Å². The minimum Gasteiger partial charge on any atom is -0.478 e. The Labute approximate surface area is 122 Å². The van der Waals surface area contributed by atoms with Gasteiger partial charge in [-0.15, -0.1) is 0 Å². The quantitative estimate of drug-likeness (QED) is 0.654. The van der Waals surface area contributed by atoms with Gasteiger partial charge in [-0.2, -0.15) is 0 Å². The van der Waals surface area contributed by atoms with Crippen molar-refractivity contribution >= 4 is 23.6 Å². The summed E-state index contributed by atoms with van der Waals surface area (Å²) in [6.45, 7) is 4.97. The van der Waals surface area contributed by atoms with E-state index in [2.05, 4.69) is 10.6 Å². The molecule has 0 bridgehead atoms. The summed E-state index contributed by atoms with van der Waals surface area (Å²) in [5.41, 5.74) is 5.41. The van der Waals surface area contributed by atoms with E-state index in [0.29, 0.717) is 11.3 Å². The van der Waals surface area contributed by atoms with Crippen LogP contribution in [0.2, 0.25) is 0 Å². The molecule has 21 heavy (non-hydrogen) atoms. The molecule has 0 saturated carbocycles. The third-order valence-corrected chi connectivity index (χ3v) is 3.08. The molecule has 0 heterocycles. The van der Waals surface area contributed by atoms with Crippen LogP contribution in [0, 0.1) is 12.3 Å². The maximum absolute atomic E-state index is 11.7. The molecule has 0 spiro atoms. The molecule has 0 fully saturated rings. The molecular formula is C14H19N3O4. The first-order chi connectivity index (χ1) is 9.63. The molecule has 0 aromatic heterocycles. The lowest BCUT2D eigenvalue weighted by molar-refractivity contribution is -0.125. The number of nitrogens with two attached hydrogens (primary N) is 1. The van der Waals surface area contributed by atoms with Crippen LogP contribution in [0.3, 0.4) is 0 Å². The van der Waals surface area contributed by atoms with Crippen molar-refractivity contribution in [3.8, 4) is 0 Å². The van der Waals surface area contributed by atoms with Crippen molar-refractivity contribution in [2.45, 2.75) is 20.8 Å². The number of nitrogens with one attached hydrogen (secondary N) is 2. The number of benzene rings is 1. The summed E-state index contributed by atoms with van der Waals surface area (Å²) >= 11 is 0. The van der Waals surface area contributed by atoms with Crippen LogP contribution in [0.25, 0.3) is 0 Å². The van der Waals surface area contributed by atoms with Crippen LogP contribution in [0.4, 0.5) is 10.5 Å². The number of primary amides is 1. The Hall–Kier alpha value is -2.57. The van der Waals surface area contributed by atoms with Gasteiger partial charge in [0.15, 0.2) is 0 Å². The average Bonchev–Trinajstić information content (AvgIpc) is 2.38. The first-order valence-electron chi connectivity index (χ1n) is 6.32. The molecule has 7 nitrogen and oxygen atoms in total. The second-order valence-corrected chi connectivity index (χ2v) is 5.39. The van der Waals surface area contributed by atoms with Crippen LogP contribution in [0.15, 0.2) is 18.2 Å². The van der Waals surface area contributed by atoms with Gasteiger partial charge in [0.1, 0.15) is 0 Å². The second kappa shape index (κ2) is 6.25. The number of carboxylic acid groups (broad SMARTS) is 1. The number of anilines is 1. The highest BCUT2D eigenvalue weighted by molar-refractivity contribution is 5.94. The number of hydrogen-bond donors (Lipinski definition) is 4. The molecule has 0 aliphatic heterocycles. The number of carbonyl (C=O) groups is 3. The Morgan fingerprint density at radius 3 is 2.43 bits per heavy atom. The lowest BCUT2D eigenvalue weighted by Crippen LogP contribution is -2.43. The van der Waals surface area contributed by atoms with E-state index in [1.54, 1.807) is 32.9 Å². The smallest absolute Gasteiger partial charge is 0.336 e. The van der Waals surface area contributed by atoms with Gasteiger partial charge in [-0.25, -0.2) is 9.59 Å². The highest BCUT2D eigenvalue weighted by Crippen LogP contribution is 2.16. The molecule has 1 aromatic rings. The molecule has 0 aliphatic rings.